The van der Waals surface area contributed by atoms with E-state index >= 15 is 0 Å². The molecule has 0 fully saturated rings. The van der Waals surface area contributed by atoms with Crippen LogP contribution >= 0.6 is 0 Å². The van der Waals surface area contributed by atoms with E-state index in [1.165, 1.54) is 22.4 Å². The molecule has 2 heteroatoms. The van der Waals surface area contributed by atoms with Crippen molar-refractivity contribution in [1.82, 2.24) is 0 Å². The predicted octanol–water partition coefficient (Wildman–Crippen LogP) is 3.88. The largest absolute Gasteiger partial charge is 0.508 e. The lowest BCUT2D eigenvalue weighted by molar-refractivity contribution is 0.474. The number of hydrogen-bond acceptors (Lipinski definition) is 2. The second-order valence-electron chi connectivity index (χ2n) is 6.29. The smallest absolute Gasteiger partial charge is 0.115 e. The molecule has 2 N–H and O–H groups in total. The van der Waals surface area contributed by atoms with Crippen LogP contribution < -0.4 is 5.32 Å². The Bertz CT molecular complexity index is 631. The van der Waals surface area contributed by atoms with Crippen LogP contribution in [0, 0.1) is 0 Å². The molecule has 0 radical (unpaired) electrons. The molecule has 2 aromatic rings. The van der Waals surface area contributed by atoms with Gasteiger partial charge in [0.2, 0.25) is 0 Å². The van der Waals surface area contributed by atoms with Crippen molar-refractivity contribution in [3.8, 4) is 5.75 Å². The highest BCUT2D eigenvalue weighted by molar-refractivity contribution is 5.60. The van der Waals surface area contributed by atoms with Gasteiger partial charge < -0.3 is 10.4 Å². The minimum atomic E-state index is 0.219. The molecule has 0 atom stereocenters. The van der Waals surface area contributed by atoms with Crippen LogP contribution in [0.25, 0.3) is 0 Å². The van der Waals surface area contributed by atoms with Gasteiger partial charge in [0.05, 0.1) is 0 Å². The van der Waals surface area contributed by atoms with Crippen molar-refractivity contribution in [3.63, 3.8) is 0 Å². The second kappa shape index (κ2) is 4.86. The molecule has 1 heterocycles. The summed E-state index contributed by atoms with van der Waals surface area (Å²) in [7, 11) is 0. The fraction of sp³-hybridized carbons (Fsp3) is 0.333. The monoisotopic (exact) mass is 267 g/mol. The van der Waals surface area contributed by atoms with Gasteiger partial charge in [-0.1, -0.05) is 38.1 Å². The molecule has 0 saturated carbocycles. The second-order valence-corrected chi connectivity index (χ2v) is 6.29. The van der Waals surface area contributed by atoms with Crippen LogP contribution in [-0.2, 0) is 18.3 Å². The first-order valence-electron chi connectivity index (χ1n) is 7.20. The fourth-order valence-electron chi connectivity index (χ4n) is 2.87. The van der Waals surface area contributed by atoms with E-state index < -0.39 is 0 Å². The Morgan fingerprint density at radius 1 is 1.05 bits per heavy atom. The van der Waals surface area contributed by atoms with Gasteiger partial charge in [0, 0.05) is 17.6 Å². The molecule has 0 aliphatic carbocycles. The minimum absolute atomic E-state index is 0.219. The average Bonchev–Trinajstić information content (AvgIpc) is 2.72. The molecule has 2 nitrogen and oxygen atoms in total. The summed E-state index contributed by atoms with van der Waals surface area (Å²) in [5.41, 5.74) is 5.46. The first kappa shape index (κ1) is 13.0. The third kappa shape index (κ3) is 2.51. The highest BCUT2D eigenvalue weighted by atomic mass is 16.3. The maximum absolute atomic E-state index is 9.50. The number of benzene rings is 2. The van der Waals surface area contributed by atoms with Crippen LogP contribution in [-0.4, -0.2) is 11.7 Å². The van der Waals surface area contributed by atoms with Crippen LogP contribution in [0.3, 0.4) is 0 Å². The summed E-state index contributed by atoms with van der Waals surface area (Å²) in [4.78, 5) is 0. The summed E-state index contributed by atoms with van der Waals surface area (Å²) in [5.74, 6) is 0.349. The standard InChI is InChI=1S/C18H21NO/c1-18(2)12-19-17-9-8-14(11-16(17)18)7-6-13-4-3-5-15(20)10-13/h3-5,8-11,19-20H,6-7,12H2,1-2H3. The number of aryl methyl sites for hydroxylation is 2. The summed E-state index contributed by atoms with van der Waals surface area (Å²) in [6.45, 7) is 5.58. The number of phenols is 1. The molecule has 0 amide bonds. The van der Waals surface area contributed by atoms with Crippen LogP contribution in [0.2, 0.25) is 0 Å². The molecular weight excluding hydrogens is 246 g/mol. The molecule has 20 heavy (non-hydrogen) atoms. The fourth-order valence-corrected chi connectivity index (χ4v) is 2.87. The third-order valence-corrected chi connectivity index (χ3v) is 4.15. The number of rotatable bonds is 3. The maximum Gasteiger partial charge on any atom is 0.115 e. The molecule has 3 rings (SSSR count). The van der Waals surface area contributed by atoms with Crippen molar-refractivity contribution in [2.75, 3.05) is 11.9 Å². The van der Waals surface area contributed by atoms with Crippen molar-refractivity contribution in [2.45, 2.75) is 32.1 Å². The van der Waals surface area contributed by atoms with Gasteiger partial charge in [-0.3, -0.25) is 0 Å². The van der Waals surface area contributed by atoms with E-state index in [2.05, 4.69) is 43.4 Å². The van der Waals surface area contributed by atoms with Crippen LogP contribution in [0.1, 0.15) is 30.5 Å². The Kier molecular flexibility index (Phi) is 3.17. The van der Waals surface area contributed by atoms with Crippen molar-refractivity contribution in [3.05, 3.63) is 59.2 Å². The SMILES string of the molecule is CC1(C)CNc2ccc(CCc3cccc(O)c3)cc21. The van der Waals surface area contributed by atoms with Gasteiger partial charge in [0.15, 0.2) is 0 Å². The summed E-state index contributed by atoms with van der Waals surface area (Å²) in [6, 6.07) is 14.3. The van der Waals surface area contributed by atoms with Gasteiger partial charge in [-0.15, -0.1) is 0 Å². The lowest BCUT2D eigenvalue weighted by atomic mass is 9.85. The summed E-state index contributed by atoms with van der Waals surface area (Å²) in [6.07, 6.45) is 1.97. The van der Waals surface area contributed by atoms with Gasteiger partial charge in [0.25, 0.3) is 0 Å². The highest BCUT2D eigenvalue weighted by Crippen LogP contribution is 2.36. The average molecular weight is 267 g/mol. The van der Waals surface area contributed by atoms with Crippen LogP contribution in [0.5, 0.6) is 5.75 Å². The Hall–Kier alpha value is -1.96. The predicted molar refractivity (Wildman–Crippen MR) is 83.5 cm³/mol. The molecule has 0 spiro atoms. The third-order valence-electron chi connectivity index (χ3n) is 4.15. The maximum atomic E-state index is 9.50. The molecular formula is C18H21NO. The zero-order chi connectivity index (χ0) is 14.2. The summed E-state index contributed by atoms with van der Waals surface area (Å²) in [5, 5.41) is 13.0. The number of phenolic OH excluding ortho intramolecular Hbond substituents is 1. The molecule has 0 aromatic heterocycles. The zero-order valence-electron chi connectivity index (χ0n) is 12.1. The van der Waals surface area contributed by atoms with Gasteiger partial charge in [-0.2, -0.15) is 0 Å². The van der Waals surface area contributed by atoms with Crippen LogP contribution in [0.15, 0.2) is 42.5 Å². The summed E-state index contributed by atoms with van der Waals surface area (Å²) < 4.78 is 0. The normalized spacial score (nSPS) is 15.7. The first-order chi connectivity index (χ1) is 9.54. The van der Waals surface area contributed by atoms with E-state index in [4.69, 9.17) is 0 Å². The van der Waals surface area contributed by atoms with Crippen LogP contribution in [0.4, 0.5) is 5.69 Å². The number of nitrogens with one attached hydrogen (secondary N) is 1. The number of hydrogen-bond donors (Lipinski definition) is 2. The van der Waals surface area contributed by atoms with E-state index in [1.54, 1.807) is 6.07 Å². The van der Waals surface area contributed by atoms with Crippen molar-refractivity contribution >= 4 is 5.69 Å². The molecule has 2 aromatic carbocycles. The molecule has 104 valence electrons. The lowest BCUT2D eigenvalue weighted by Crippen LogP contribution is -2.19. The van der Waals surface area contributed by atoms with Gasteiger partial charge in [-0.25, -0.2) is 0 Å². The Balaban J connectivity index is 1.76. The first-order valence-corrected chi connectivity index (χ1v) is 7.20. The van der Waals surface area contributed by atoms with E-state index in [-0.39, 0.29) is 5.41 Å². The Morgan fingerprint density at radius 3 is 2.55 bits per heavy atom. The number of fused-ring (bicyclic) bond motifs is 1. The topological polar surface area (TPSA) is 32.3 Å². The molecule has 0 saturated heterocycles. The van der Waals surface area contributed by atoms with Gasteiger partial charge in [-0.05, 0) is 47.7 Å². The van der Waals surface area contributed by atoms with Gasteiger partial charge in [0.1, 0.15) is 5.75 Å². The molecule has 1 aliphatic heterocycles. The van der Waals surface area contributed by atoms with Crippen molar-refractivity contribution in [2.24, 2.45) is 0 Å². The van der Waals surface area contributed by atoms with E-state index in [0.717, 1.165) is 19.4 Å². The molecule has 1 aliphatic rings. The molecule has 0 bridgehead atoms. The Morgan fingerprint density at radius 2 is 1.80 bits per heavy atom. The quantitative estimate of drug-likeness (QED) is 0.884. The highest BCUT2D eigenvalue weighted by Gasteiger charge is 2.29. The van der Waals surface area contributed by atoms with Crippen molar-refractivity contribution in [1.29, 1.82) is 0 Å². The van der Waals surface area contributed by atoms with E-state index in [1.807, 2.05) is 12.1 Å². The number of aromatic hydroxyl groups is 1. The lowest BCUT2D eigenvalue weighted by Gasteiger charge is -2.17. The number of anilines is 1. The Labute approximate surface area is 120 Å². The summed E-state index contributed by atoms with van der Waals surface area (Å²) >= 11 is 0. The van der Waals surface area contributed by atoms with E-state index in [9.17, 15) is 5.11 Å². The zero-order valence-corrected chi connectivity index (χ0v) is 12.1. The van der Waals surface area contributed by atoms with Crippen molar-refractivity contribution < 1.29 is 5.11 Å². The molecule has 0 unspecified atom stereocenters. The minimum Gasteiger partial charge on any atom is -0.508 e. The van der Waals surface area contributed by atoms with E-state index in [0.29, 0.717) is 5.75 Å². The van der Waals surface area contributed by atoms with Gasteiger partial charge >= 0.3 is 0 Å².